The molecule has 0 N–H and O–H groups in total. The van der Waals surface area contributed by atoms with Crippen molar-refractivity contribution in [3.8, 4) is 0 Å². The lowest BCUT2D eigenvalue weighted by atomic mass is 10.2. The maximum atomic E-state index is 4.76. The van der Waals surface area contributed by atoms with Crippen LogP contribution in [0.1, 0.15) is 23.5 Å². The van der Waals surface area contributed by atoms with Crippen molar-refractivity contribution in [1.82, 2.24) is 20.2 Å². The van der Waals surface area contributed by atoms with Gasteiger partial charge in [0.25, 0.3) is 0 Å². The summed E-state index contributed by atoms with van der Waals surface area (Å²) in [6.07, 6.45) is 3.41. The van der Waals surface area contributed by atoms with Crippen molar-refractivity contribution in [3.05, 3.63) is 29.2 Å². The van der Waals surface area contributed by atoms with Crippen molar-refractivity contribution in [3.63, 3.8) is 0 Å². The largest absolute Gasteiger partial charge is 0.361 e. The molecule has 4 rings (SSSR count). The Morgan fingerprint density at radius 1 is 0.920 bits per heavy atom. The summed E-state index contributed by atoms with van der Waals surface area (Å²) in [5, 5.41) is 8.67. The molecule has 1 fully saturated rings. The van der Waals surface area contributed by atoms with Crippen LogP contribution >= 0.6 is 0 Å². The molecule has 2 aliphatic rings. The summed E-state index contributed by atoms with van der Waals surface area (Å²) in [4.78, 5) is 16.1. The van der Waals surface area contributed by atoms with Gasteiger partial charge in [-0.25, -0.2) is 9.97 Å². The van der Waals surface area contributed by atoms with Gasteiger partial charge in [0.15, 0.2) is 11.6 Å². The molecule has 2 aromatic rings. The van der Waals surface area contributed by atoms with Gasteiger partial charge in [0.1, 0.15) is 11.6 Å². The van der Waals surface area contributed by atoms with E-state index in [1.54, 1.807) is 0 Å². The molecule has 3 heterocycles. The summed E-state index contributed by atoms with van der Waals surface area (Å²) in [6.45, 7) is 5.79. The van der Waals surface area contributed by atoms with Crippen LogP contribution in [0.3, 0.4) is 0 Å². The lowest BCUT2D eigenvalue weighted by Crippen LogP contribution is -2.47. The molecule has 1 aliphatic carbocycles. The number of hydrogen-bond donors (Lipinski definition) is 0. The molecule has 0 aromatic carbocycles. The number of rotatable bonds is 3. The first-order valence-corrected chi connectivity index (χ1v) is 8.99. The Morgan fingerprint density at radius 3 is 2.36 bits per heavy atom. The number of anilines is 3. The number of aromatic nitrogens is 4. The summed E-state index contributed by atoms with van der Waals surface area (Å²) in [5.41, 5.74) is 2.63. The molecule has 0 saturated carbocycles. The SMILES string of the molecule is Cc1nc2c(c(N3CCN(c4ccc(N(C)C)nn4)CC3)n1)CCC2. The van der Waals surface area contributed by atoms with Gasteiger partial charge in [0.2, 0.25) is 0 Å². The number of piperazine rings is 1. The van der Waals surface area contributed by atoms with Crippen LogP contribution in [0.2, 0.25) is 0 Å². The maximum Gasteiger partial charge on any atom is 0.151 e. The number of hydrogen-bond acceptors (Lipinski definition) is 7. The van der Waals surface area contributed by atoms with Crippen molar-refractivity contribution < 1.29 is 0 Å². The molecule has 7 nitrogen and oxygen atoms in total. The molecular formula is C18H25N7. The van der Waals surface area contributed by atoms with Gasteiger partial charge >= 0.3 is 0 Å². The summed E-state index contributed by atoms with van der Waals surface area (Å²) in [6, 6.07) is 4.08. The average molecular weight is 339 g/mol. The summed E-state index contributed by atoms with van der Waals surface area (Å²) in [5.74, 6) is 3.89. The van der Waals surface area contributed by atoms with Gasteiger partial charge in [-0.3, -0.25) is 0 Å². The quantitative estimate of drug-likeness (QED) is 0.839. The average Bonchev–Trinajstić information content (AvgIpc) is 3.09. The lowest BCUT2D eigenvalue weighted by Gasteiger charge is -2.36. The number of nitrogens with zero attached hydrogens (tertiary/aromatic N) is 7. The molecule has 0 spiro atoms. The lowest BCUT2D eigenvalue weighted by molar-refractivity contribution is 0.634. The molecular weight excluding hydrogens is 314 g/mol. The fourth-order valence-corrected chi connectivity index (χ4v) is 3.67. The highest BCUT2D eigenvalue weighted by Gasteiger charge is 2.25. The molecule has 2 aromatic heterocycles. The second-order valence-corrected chi connectivity index (χ2v) is 6.99. The zero-order valence-electron chi connectivity index (χ0n) is 15.2. The Bertz CT molecular complexity index is 749. The van der Waals surface area contributed by atoms with E-state index in [0.717, 1.165) is 62.3 Å². The first-order chi connectivity index (χ1) is 12.1. The monoisotopic (exact) mass is 339 g/mol. The van der Waals surface area contributed by atoms with Crippen molar-refractivity contribution in [2.75, 3.05) is 55.0 Å². The minimum Gasteiger partial charge on any atom is -0.361 e. The topological polar surface area (TPSA) is 61.3 Å². The second kappa shape index (κ2) is 6.46. The molecule has 0 unspecified atom stereocenters. The van der Waals surface area contributed by atoms with E-state index in [0.29, 0.717) is 0 Å². The third-order valence-corrected chi connectivity index (χ3v) is 5.02. The van der Waals surface area contributed by atoms with Crippen LogP contribution in [0.4, 0.5) is 17.5 Å². The second-order valence-electron chi connectivity index (χ2n) is 6.99. The molecule has 7 heteroatoms. The molecule has 0 atom stereocenters. The predicted molar refractivity (Wildman–Crippen MR) is 99.6 cm³/mol. The molecule has 0 bridgehead atoms. The first-order valence-electron chi connectivity index (χ1n) is 8.99. The number of fused-ring (bicyclic) bond motifs is 1. The fraction of sp³-hybridized carbons (Fsp3) is 0.556. The minimum absolute atomic E-state index is 0.884. The van der Waals surface area contributed by atoms with Gasteiger partial charge in [0, 0.05) is 51.5 Å². The highest BCUT2D eigenvalue weighted by Crippen LogP contribution is 2.29. The molecule has 25 heavy (non-hydrogen) atoms. The smallest absolute Gasteiger partial charge is 0.151 e. The summed E-state index contributed by atoms with van der Waals surface area (Å²) in [7, 11) is 3.95. The Kier molecular flexibility index (Phi) is 4.15. The maximum absolute atomic E-state index is 4.76. The fourth-order valence-electron chi connectivity index (χ4n) is 3.67. The Labute approximate surface area is 148 Å². The van der Waals surface area contributed by atoms with Crippen LogP contribution in [0, 0.1) is 6.92 Å². The molecule has 0 radical (unpaired) electrons. The third-order valence-electron chi connectivity index (χ3n) is 5.02. The molecule has 1 aliphatic heterocycles. The molecule has 0 amide bonds. The van der Waals surface area contributed by atoms with Crippen LogP contribution in [0.15, 0.2) is 12.1 Å². The van der Waals surface area contributed by atoms with E-state index in [2.05, 4.69) is 31.0 Å². The van der Waals surface area contributed by atoms with Crippen molar-refractivity contribution >= 4 is 17.5 Å². The van der Waals surface area contributed by atoms with E-state index in [-0.39, 0.29) is 0 Å². The van der Waals surface area contributed by atoms with E-state index in [1.165, 1.54) is 17.7 Å². The first kappa shape index (κ1) is 16.1. The van der Waals surface area contributed by atoms with E-state index >= 15 is 0 Å². The van der Waals surface area contributed by atoms with Gasteiger partial charge in [-0.2, -0.15) is 0 Å². The van der Waals surface area contributed by atoms with E-state index < -0.39 is 0 Å². The van der Waals surface area contributed by atoms with Gasteiger partial charge in [0.05, 0.1) is 0 Å². The summed E-state index contributed by atoms with van der Waals surface area (Å²) < 4.78 is 0. The van der Waals surface area contributed by atoms with Gasteiger partial charge in [-0.1, -0.05) is 0 Å². The zero-order chi connectivity index (χ0) is 17.4. The van der Waals surface area contributed by atoms with Crippen LogP contribution < -0.4 is 14.7 Å². The van der Waals surface area contributed by atoms with E-state index in [1.807, 2.05) is 32.0 Å². The van der Waals surface area contributed by atoms with Crippen molar-refractivity contribution in [1.29, 1.82) is 0 Å². The van der Waals surface area contributed by atoms with Crippen molar-refractivity contribution in [2.24, 2.45) is 0 Å². The van der Waals surface area contributed by atoms with Crippen LogP contribution in [-0.2, 0) is 12.8 Å². The highest BCUT2D eigenvalue weighted by molar-refractivity contribution is 5.53. The predicted octanol–water partition coefficient (Wildman–Crippen LogP) is 1.46. The van der Waals surface area contributed by atoms with Gasteiger partial charge in [-0.15, -0.1) is 10.2 Å². The standard InChI is InChI=1S/C18H25N7/c1-13-19-15-6-4-5-14(15)18(20-13)25-11-9-24(10-12-25)17-8-7-16(21-22-17)23(2)3/h7-8H,4-6,9-12H2,1-3H3. The zero-order valence-corrected chi connectivity index (χ0v) is 15.2. The third kappa shape index (κ3) is 3.10. The van der Waals surface area contributed by atoms with Crippen molar-refractivity contribution in [2.45, 2.75) is 26.2 Å². The highest BCUT2D eigenvalue weighted by atomic mass is 15.3. The number of aryl methyl sites for hydroxylation is 2. The molecule has 132 valence electrons. The van der Waals surface area contributed by atoms with Crippen LogP contribution in [0.25, 0.3) is 0 Å². The molecule has 1 saturated heterocycles. The van der Waals surface area contributed by atoms with Gasteiger partial charge in [-0.05, 0) is 38.3 Å². The van der Waals surface area contributed by atoms with E-state index in [9.17, 15) is 0 Å². The Balaban J connectivity index is 1.47. The van der Waals surface area contributed by atoms with E-state index in [4.69, 9.17) is 4.98 Å². The normalized spacial score (nSPS) is 16.9. The van der Waals surface area contributed by atoms with Gasteiger partial charge < -0.3 is 14.7 Å². The minimum atomic E-state index is 0.884. The summed E-state index contributed by atoms with van der Waals surface area (Å²) >= 11 is 0. The van der Waals surface area contributed by atoms with Crippen LogP contribution in [-0.4, -0.2) is 60.4 Å². The van der Waals surface area contributed by atoms with Crippen LogP contribution in [0.5, 0.6) is 0 Å². The Morgan fingerprint density at radius 2 is 1.68 bits per heavy atom. The Hall–Kier alpha value is -2.44.